The predicted molar refractivity (Wildman–Crippen MR) is 65.0 cm³/mol. The van der Waals surface area contributed by atoms with Gasteiger partial charge in [-0.15, -0.1) is 0 Å². The van der Waals surface area contributed by atoms with Crippen LogP contribution in [0.5, 0.6) is 0 Å². The van der Waals surface area contributed by atoms with Gasteiger partial charge in [-0.2, -0.15) is 0 Å². The van der Waals surface area contributed by atoms with Crippen molar-refractivity contribution in [1.29, 1.82) is 0 Å². The van der Waals surface area contributed by atoms with Gasteiger partial charge in [0.15, 0.2) is 5.82 Å². The number of rotatable bonds is 3. The molecule has 1 unspecified atom stereocenters. The van der Waals surface area contributed by atoms with Gasteiger partial charge in [-0.1, -0.05) is 0 Å². The molecule has 7 heteroatoms. The van der Waals surface area contributed by atoms with Gasteiger partial charge in [-0.05, 0) is 38.6 Å². The minimum atomic E-state index is -3.88. The number of hydrogen-bond donors (Lipinski definition) is 1. The summed E-state index contributed by atoms with van der Waals surface area (Å²) in [4.78, 5) is 5.64. The summed E-state index contributed by atoms with van der Waals surface area (Å²) >= 11 is 0. The van der Waals surface area contributed by atoms with Crippen LogP contribution in [0.1, 0.15) is 12.8 Å². The highest BCUT2D eigenvalue weighted by Gasteiger charge is 2.26. The van der Waals surface area contributed by atoms with Crippen LogP contribution in [0.2, 0.25) is 0 Å². The molecule has 5 nitrogen and oxygen atoms in total. The number of sulfonamides is 1. The van der Waals surface area contributed by atoms with Gasteiger partial charge < -0.3 is 4.90 Å². The van der Waals surface area contributed by atoms with Gasteiger partial charge in [0, 0.05) is 18.8 Å². The van der Waals surface area contributed by atoms with E-state index in [-0.39, 0.29) is 6.04 Å². The molecule has 0 aromatic carbocycles. The summed E-state index contributed by atoms with van der Waals surface area (Å²) in [7, 11) is -1.94. The number of hydrogen-bond acceptors (Lipinski definition) is 4. The van der Waals surface area contributed by atoms with Crippen molar-refractivity contribution in [2.24, 2.45) is 0 Å². The van der Waals surface area contributed by atoms with Crippen LogP contribution in [0.4, 0.5) is 4.39 Å². The van der Waals surface area contributed by atoms with Crippen LogP contribution < -0.4 is 4.72 Å². The first kappa shape index (κ1) is 13.4. The van der Waals surface area contributed by atoms with Crippen LogP contribution in [0, 0.1) is 5.82 Å². The first-order chi connectivity index (χ1) is 8.49. The maximum Gasteiger partial charge on any atom is 0.261 e. The summed E-state index contributed by atoms with van der Waals surface area (Å²) in [6.45, 7) is 1.59. The van der Waals surface area contributed by atoms with Crippen LogP contribution in [0.3, 0.4) is 0 Å². The number of piperidine rings is 1. The number of likely N-dealkylation sites (N-methyl/N-ethyl adjacent to an activating group) is 1. The summed E-state index contributed by atoms with van der Waals surface area (Å²) in [5, 5.41) is -0.529. The normalized spacial score (nSPS) is 22.0. The molecule has 0 saturated carbocycles. The SMILES string of the molecule is CN1CCCC(NS(=O)(=O)c2ncccc2F)C1. The molecule has 1 fully saturated rings. The van der Waals surface area contributed by atoms with E-state index < -0.39 is 20.9 Å². The zero-order valence-electron chi connectivity index (χ0n) is 10.1. The number of nitrogens with one attached hydrogen (secondary N) is 1. The molecule has 1 aliphatic rings. The van der Waals surface area contributed by atoms with Gasteiger partial charge in [-0.25, -0.2) is 22.5 Å². The van der Waals surface area contributed by atoms with E-state index in [1.54, 1.807) is 0 Å². The van der Waals surface area contributed by atoms with Gasteiger partial charge in [0.2, 0.25) is 5.03 Å². The van der Waals surface area contributed by atoms with Gasteiger partial charge in [0.25, 0.3) is 10.0 Å². The summed E-state index contributed by atoms with van der Waals surface area (Å²) in [6.07, 6.45) is 2.96. The van der Waals surface area contributed by atoms with Crippen LogP contribution in [0.15, 0.2) is 23.4 Å². The molecular formula is C11H16FN3O2S. The van der Waals surface area contributed by atoms with E-state index >= 15 is 0 Å². The zero-order valence-corrected chi connectivity index (χ0v) is 11.0. The van der Waals surface area contributed by atoms with E-state index in [9.17, 15) is 12.8 Å². The lowest BCUT2D eigenvalue weighted by Gasteiger charge is -2.29. The van der Waals surface area contributed by atoms with Gasteiger partial charge in [0.1, 0.15) is 0 Å². The molecule has 2 rings (SSSR count). The summed E-state index contributed by atoms with van der Waals surface area (Å²) in [6, 6.07) is 2.27. The molecule has 2 heterocycles. The van der Waals surface area contributed by atoms with Crippen molar-refractivity contribution in [3.63, 3.8) is 0 Å². The summed E-state index contributed by atoms with van der Waals surface area (Å²) < 4.78 is 39.9. The molecule has 1 N–H and O–H groups in total. The predicted octanol–water partition coefficient (Wildman–Crippen LogP) is 0.593. The fourth-order valence-electron chi connectivity index (χ4n) is 2.11. The van der Waals surface area contributed by atoms with Gasteiger partial charge in [-0.3, -0.25) is 0 Å². The quantitative estimate of drug-likeness (QED) is 0.875. The van der Waals surface area contributed by atoms with E-state index in [0.717, 1.165) is 25.5 Å². The molecule has 1 saturated heterocycles. The Kier molecular flexibility index (Phi) is 3.94. The van der Waals surface area contributed by atoms with Crippen molar-refractivity contribution in [3.05, 3.63) is 24.1 Å². The maximum absolute atomic E-state index is 13.4. The molecule has 1 aromatic rings. The minimum absolute atomic E-state index is 0.185. The highest BCUT2D eigenvalue weighted by atomic mass is 32.2. The van der Waals surface area contributed by atoms with Crippen molar-refractivity contribution in [2.75, 3.05) is 20.1 Å². The Morgan fingerprint density at radius 2 is 2.33 bits per heavy atom. The highest BCUT2D eigenvalue weighted by molar-refractivity contribution is 7.89. The molecule has 0 aliphatic carbocycles. The van der Waals surface area contributed by atoms with Crippen molar-refractivity contribution in [3.8, 4) is 0 Å². The van der Waals surface area contributed by atoms with Crippen molar-refractivity contribution >= 4 is 10.0 Å². The Labute approximate surface area is 106 Å². The second-order valence-electron chi connectivity index (χ2n) is 4.51. The van der Waals surface area contributed by atoms with Crippen molar-refractivity contribution in [2.45, 2.75) is 23.9 Å². The average Bonchev–Trinajstić information content (AvgIpc) is 2.28. The van der Waals surface area contributed by atoms with Gasteiger partial charge >= 0.3 is 0 Å². The van der Waals surface area contributed by atoms with Crippen LogP contribution in [-0.4, -0.2) is 44.5 Å². The third kappa shape index (κ3) is 3.04. The zero-order chi connectivity index (χ0) is 13.2. The maximum atomic E-state index is 13.4. The Bertz CT molecular complexity index is 521. The molecule has 1 aliphatic heterocycles. The van der Waals surface area contributed by atoms with E-state index in [0.29, 0.717) is 6.54 Å². The molecule has 100 valence electrons. The molecule has 0 spiro atoms. The number of pyridine rings is 1. The molecule has 18 heavy (non-hydrogen) atoms. The van der Waals surface area contributed by atoms with E-state index in [4.69, 9.17) is 0 Å². The smallest absolute Gasteiger partial charge is 0.261 e. The average molecular weight is 273 g/mol. The first-order valence-electron chi connectivity index (χ1n) is 5.80. The fraction of sp³-hybridized carbons (Fsp3) is 0.545. The number of halogens is 1. The summed E-state index contributed by atoms with van der Waals surface area (Å²) in [5.74, 6) is -0.825. The van der Waals surface area contributed by atoms with Gasteiger partial charge in [0.05, 0.1) is 0 Å². The number of aromatic nitrogens is 1. The third-order valence-corrected chi connectivity index (χ3v) is 4.38. The number of likely N-dealkylation sites (tertiary alicyclic amines) is 1. The Hall–Kier alpha value is -1.05. The molecule has 1 aromatic heterocycles. The topological polar surface area (TPSA) is 62.3 Å². The Balaban J connectivity index is 2.15. The van der Waals surface area contributed by atoms with Crippen molar-refractivity contribution < 1.29 is 12.8 Å². The van der Waals surface area contributed by atoms with Crippen LogP contribution >= 0.6 is 0 Å². The second-order valence-corrected chi connectivity index (χ2v) is 6.14. The minimum Gasteiger partial charge on any atom is -0.305 e. The lowest BCUT2D eigenvalue weighted by Crippen LogP contribution is -2.46. The van der Waals surface area contributed by atoms with Crippen LogP contribution in [0.25, 0.3) is 0 Å². The highest BCUT2D eigenvalue weighted by Crippen LogP contribution is 2.14. The lowest BCUT2D eigenvalue weighted by atomic mass is 10.1. The monoisotopic (exact) mass is 273 g/mol. The fourth-order valence-corrected chi connectivity index (χ4v) is 3.37. The molecule has 0 amide bonds. The number of nitrogens with zero attached hydrogens (tertiary/aromatic N) is 2. The van der Waals surface area contributed by atoms with E-state index in [2.05, 4.69) is 9.71 Å². The first-order valence-corrected chi connectivity index (χ1v) is 7.29. The van der Waals surface area contributed by atoms with E-state index in [1.807, 2.05) is 11.9 Å². The Morgan fingerprint density at radius 1 is 1.56 bits per heavy atom. The molecular weight excluding hydrogens is 257 g/mol. The summed E-state index contributed by atoms with van der Waals surface area (Å²) in [5.41, 5.74) is 0. The third-order valence-electron chi connectivity index (χ3n) is 2.93. The van der Waals surface area contributed by atoms with Crippen LogP contribution in [-0.2, 0) is 10.0 Å². The lowest BCUT2D eigenvalue weighted by molar-refractivity contribution is 0.242. The van der Waals surface area contributed by atoms with Crippen molar-refractivity contribution in [1.82, 2.24) is 14.6 Å². The Morgan fingerprint density at radius 3 is 3.00 bits per heavy atom. The standard InChI is InChI=1S/C11H16FN3O2S/c1-15-7-3-4-9(8-15)14-18(16,17)11-10(12)5-2-6-13-11/h2,5-6,9,14H,3-4,7-8H2,1H3. The molecule has 0 bridgehead atoms. The van der Waals surface area contributed by atoms with E-state index in [1.165, 1.54) is 12.3 Å². The molecule has 1 atom stereocenters. The largest absolute Gasteiger partial charge is 0.305 e. The second kappa shape index (κ2) is 5.29. The molecule has 0 radical (unpaired) electrons.